The molecule has 3 nitrogen and oxygen atoms in total. The third-order valence-electron chi connectivity index (χ3n) is 4.80. The van der Waals surface area contributed by atoms with Gasteiger partial charge in [0.1, 0.15) is 0 Å². The maximum atomic E-state index is 12.3. The summed E-state index contributed by atoms with van der Waals surface area (Å²) in [7, 11) is 0. The van der Waals surface area contributed by atoms with E-state index in [1.54, 1.807) is 11.8 Å². The Hall–Kier alpha value is -1.78. The van der Waals surface area contributed by atoms with Crippen LogP contribution in [0.15, 0.2) is 59.0 Å². The standard InChI is InChI=1S/C22H28N2OS/c1-17(2)9-12-24-13-10-20(11-14-24)23-22(25)16-26-21-8-7-18-5-3-4-6-19(18)15-21/h3-9,15,20H,10-14,16H2,1-2H3,(H,23,25). The molecule has 1 amide bonds. The van der Waals surface area contributed by atoms with Gasteiger partial charge in [-0.25, -0.2) is 0 Å². The summed E-state index contributed by atoms with van der Waals surface area (Å²) < 4.78 is 0. The zero-order chi connectivity index (χ0) is 18.4. The number of hydrogen-bond acceptors (Lipinski definition) is 3. The first kappa shape index (κ1) is 19.0. The molecule has 2 aromatic carbocycles. The van der Waals surface area contributed by atoms with E-state index in [0.717, 1.165) is 37.4 Å². The minimum atomic E-state index is 0.144. The lowest BCUT2D eigenvalue weighted by Crippen LogP contribution is -2.45. The number of piperidine rings is 1. The Morgan fingerprint density at radius 1 is 1.15 bits per heavy atom. The molecule has 1 fully saturated rings. The number of amides is 1. The van der Waals surface area contributed by atoms with Crippen molar-refractivity contribution in [3.05, 3.63) is 54.1 Å². The van der Waals surface area contributed by atoms with Gasteiger partial charge in [0.2, 0.25) is 5.91 Å². The molecule has 0 radical (unpaired) electrons. The molecule has 4 heteroatoms. The molecular formula is C22H28N2OS. The topological polar surface area (TPSA) is 32.3 Å². The fourth-order valence-electron chi connectivity index (χ4n) is 3.25. The summed E-state index contributed by atoms with van der Waals surface area (Å²) in [6.45, 7) is 7.43. The van der Waals surface area contributed by atoms with E-state index in [1.807, 2.05) is 12.1 Å². The predicted molar refractivity (Wildman–Crippen MR) is 112 cm³/mol. The number of nitrogens with one attached hydrogen (secondary N) is 1. The van der Waals surface area contributed by atoms with Crippen LogP contribution in [0.3, 0.4) is 0 Å². The summed E-state index contributed by atoms with van der Waals surface area (Å²) in [6.07, 6.45) is 4.37. The average molecular weight is 369 g/mol. The Morgan fingerprint density at radius 3 is 2.62 bits per heavy atom. The predicted octanol–water partition coefficient (Wildman–Crippen LogP) is 4.48. The van der Waals surface area contributed by atoms with Crippen molar-refractivity contribution in [1.29, 1.82) is 0 Å². The Labute approximate surface area is 160 Å². The van der Waals surface area contributed by atoms with Crippen LogP contribution in [0.5, 0.6) is 0 Å². The summed E-state index contributed by atoms with van der Waals surface area (Å²) in [5.41, 5.74) is 1.37. The molecule has 26 heavy (non-hydrogen) atoms. The molecule has 138 valence electrons. The van der Waals surface area contributed by atoms with E-state index in [2.05, 4.69) is 60.5 Å². The fraction of sp³-hybridized carbons (Fsp3) is 0.409. The third kappa shape index (κ3) is 5.61. The molecule has 0 unspecified atom stereocenters. The van der Waals surface area contributed by atoms with Crippen LogP contribution in [-0.4, -0.2) is 42.2 Å². The molecule has 0 atom stereocenters. The van der Waals surface area contributed by atoms with Crippen LogP contribution in [0.25, 0.3) is 10.8 Å². The molecule has 1 N–H and O–H groups in total. The SMILES string of the molecule is CC(C)=CCN1CCC(NC(=O)CSc2ccc3ccccc3c2)CC1. The van der Waals surface area contributed by atoms with Crippen LogP contribution in [-0.2, 0) is 4.79 Å². The molecular weight excluding hydrogens is 340 g/mol. The number of fused-ring (bicyclic) bond motifs is 1. The van der Waals surface area contributed by atoms with Gasteiger partial charge >= 0.3 is 0 Å². The van der Waals surface area contributed by atoms with Crippen molar-refractivity contribution in [3.63, 3.8) is 0 Å². The number of carbonyl (C=O) groups is 1. The number of nitrogens with zero attached hydrogens (tertiary/aromatic N) is 1. The fourth-order valence-corrected chi connectivity index (χ4v) is 4.00. The highest BCUT2D eigenvalue weighted by Gasteiger charge is 2.19. The van der Waals surface area contributed by atoms with Crippen LogP contribution in [0.2, 0.25) is 0 Å². The van der Waals surface area contributed by atoms with E-state index in [0.29, 0.717) is 11.8 Å². The monoisotopic (exact) mass is 368 g/mol. The summed E-state index contributed by atoms with van der Waals surface area (Å²) in [6, 6.07) is 15.0. The first-order valence-electron chi connectivity index (χ1n) is 9.37. The number of hydrogen-bond donors (Lipinski definition) is 1. The van der Waals surface area contributed by atoms with E-state index in [-0.39, 0.29) is 5.91 Å². The lowest BCUT2D eigenvalue weighted by Gasteiger charge is -2.31. The second kappa shape index (κ2) is 9.24. The van der Waals surface area contributed by atoms with Crippen molar-refractivity contribution >= 4 is 28.4 Å². The van der Waals surface area contributed by atoms with Crippen LogP contribution >= 0.6 is 11.8 Å². The smallest absolute Gasteiger partial charge is 0.230 e. The van der Waals surface area contributed by atoms with Crippen LogP contribution in [0.4, 0.5) is 0 Å². The van der Waals surface area contributed by atoms with Gasteiger partial charge in [-0.3, -0.25) is 9.69 Å². The van der Waals surface area contributed by atoms with Crippen LogP contribution in [0.1, 0.15) is 26.7 Å². The van der Waals surface area contributed by atoms with Gasteiger partial charge in [0.15, 0.2) is 0 Å². The summed E-state index contributed by atoms with van der Waals surface area (Å²) >= 11 is 1.61. The van der Waals surface area contributed by atoms with Gasteiger partial charge in [-0.2, -0.15) is 0 Å². The Kier molecular flexibility index (Phi) is 6.75. The van der Waals surface area contributed by atoms with E-state index < -0.39 is 0 Å². The van der Waals surface area contributed by atoms with Gasteiger partial charge in [0, 0.05) is 30.6 Å². The largest absolute Gasteiger partial charge is 0.353 e. The number of allylic oxidation sites excluding steroid dienone is 1. The van der Waals surface area contributed by atoms with E-state index >= 15 is 0 Å². The van der Waals surface area contributed by atoms with E-state index in [9.17, 15) is 4.79 Å². The Morgan fingerprint density at radius 2 is 1.88 bits per heavy atom. The summed E-state index contributed by atoms with van der Waals surface area (Å²) in [5, 5.41) is 5.67. The molecule has 1 heterocycles. The Balaban J connectivity index is 1.42. The second-order valence-corrected chi connectivity index (χ2v) is 8.27. The number of likely N-dealkylation sites (tertiary alicyclic amines) is 1. The lowest BCUT2D eigenvalue weighted by atomic mass is 10.0. The Bertz CT molecular complexity index is 775. The maximum Gasteiger partial charge on any atom is 0.230 e. The van der Waals surface area contributed by atoms with Gasteiger partial charge in [-0.1, -0.05) is 42.0 Å². The zero-order valence-corrected chi connectivity index (χ0v) is 16.5. The molecule has 0 saturated carbocycles. The number of carbonyl (C=O) groups excluding carboxylic acids is 1. The molecule has 1 saturated heterocycles. The van der Waals surface area contributed by atoms with Gasteiger partial charge < -0.3 is 5.32 Å². The minimum Gasteiger partial charge on any atom is -0.353 e. The molecule has 3 rings (SSSR count). The number of thioether (sulfide) groups is 1. The molecule has 0 spiro atoms. The average Bonchev–Trinajstić information content (AvgIpc) is 2.65. The molecule has 1 aliphatic heterocycles. The first-order valence-corrected chi connectivity index (χ1v) is 10.4. The normalized spacial score (nSPS) is 15.8. The van der Waals surface area contributed by atoms with Crippen molar-refractivity contribution < 1.29 is 4.79 Å². The van der Waals surface area contributed by atoms with Crippen LogP contribution in [0, 0.1) is 0 Å². The van der Waals surface area contributed by atoms with Crippen molar-refractivity contribution in [2.24, 2.45) is 0 Å². The molecule has 1 aliphatic rings. The van der Waals surface area contributed by atoms with Crippen molar-refractivity contribution in [2.75, 3.05) is 25.4 Å². The minimum absolute atomic E-state index is 0.144. The number of benzene rings is 2. The summed E-state index contributed by atoms with van der Waals surface area (Å²) in [5.74, 6) is 0.627. The zero-order valence-electron chi connectivity index (χ0n) is 15.7. The van der Waals surface area contributed by atoms with Crippen LogP contribution < -0.4 is 5.32 Å². The lowest BCUT2D eigenvalue weighted by molar-refractivity contribution is -0.119. The second-order valence-electron chi connectivity index (χ2n) is 7.22. The molecule has 0 aliphatic carbocycles. The van der Waals surface area contributed by atoms with Gasteiger partial charge in [-0.05, 0) is 49.6 Å². The molecule has 0 bridgehead atoms. The van der Waals surface area contributed by atoms with Crippen molar-refractivity contribution in [1.82, 2.24) is 10.2 Å². The van der Waals surface area contributed by atoms with Gasteiger partial charge in [0.05, 0.1) is 5.75 Å². The quantitative estimate of drug-likeness (QED) is 0.603. The highest BCUT2D eigenvalue weighted by atomic mass is 32.2. The maximum absolute atomic E-state index is 12.3. The van der Waals surface area contributed by atoms with E-state index in [4.69, 9.17) is 0 Å². The third-order valence-corrected chi connectivity index (χ3v) is 5.80. The van der Waals surface area contributed by atoms with Crippen molar-refractivity contribution in [2.45, 2.75) is 37.6 Å². The first-order chi connectivity index (χ1) is 12.6. The highest BCUT2D eigenvalue weighted by Crippen LogP contribution is 2.23. The van der Waals surface area contributed by atoms with E-state index in [1.165, 1.54) is 16.3 Å². The molecule has 2 aromatic rings. The summed E-state index contributed by atoms with van der Waals surface area (Å²) in [4.78, 5) is 15.9. The van der Waals surface area contributed by atoms with Gasteiger partial charge in [0.25, 0.3) is 0 Å². The highest BCUT2D eigenvalue weighted by molar-refractivity contribution is 8.00. The van der Waals surface area contributed by atoms with Crippen molar-refractivity contribution in [3.8, 4) is 0 Å². The molecule has 0 aromatic heterocycles. The number of rotatable bonds is 6. The van der Waals surface area contributed by atoms with Gasteiger partial charge in [-0.15, -0.1) is 11.8 Å².